The van der Waals surface area contributed by atoms with Crippen LogP contribution in [0.15, 0.2) is 12.2 Å². The summed E-state index contributed by atoms with van der Waals surface area (Å²) in [4.78, 5) is 0. The second-order valence-corrected chi connectivity index (χ2v) is 13.4. The Kier molecular flexibility index (Phi) is 38.5. The Morgan fingerprint density at radius 1 is 0.200 bits per heavy atom. The zero-order valence-corrected chi connectivity index (χ0v) is 28.6. The Labute approximate surface area is 256 Å². The highest BCUT2D eigenvalue weighted by Gasteiger charge is 1.97. The Morgan fingerprint density at radius 2 is 0.350 bits per heavy atom. The highest BCUT2D eigenvalue weighted by atomic mass is 14.0. The van der Waals surface area contributed by atoms with E-state index in [9.17, 15) is 0 Å². The topological polar surface area (TPSA) is 0 Å². The molecule has 0 heteroatoms. The Bertz CT molecular complexity index is 435. The van der Waals surface area contributed by atoms with E-state index in [0.717, 1.165) is 0 Å². The molecular formula is C40H80. The van der Waals surface area contributed by atoms with Crippen molar-refractivity contribution in [3.05, 3.63) is 12.2 Å². The average Bonchev–Trinajstić information content (AvgIpc) is 2.97. The molecule has 0 aliphatic rings. The largest absolute Gasteiger partial charge is 0.0885 e. The lowest BCUT2D eigenvalue weighted by Crippen LogP contribution is -1.85. The second kappa shape index (κ2) is 38.7. The zero-order chi connectivity index (χ0) is 28.9. The third kappa shape index (κ3) is 37.7. The molecule has 0 fully saturated rings. The molecule has 0 spiro atoms. The maximum Gasteiger partial charge on any atom is -0.0351 e. The predicted molar refractivity (Wildman–Crippen MR) is 187 cm³/mol. The molecule has 0 aliphatic heterocycles. The van der Waals surface area contributed by atoms with Crippen molar-refractivity contribution in [3.8, 4) is 0 Å². The smallest absolute Gasteiger partial charge is 0.0351 e. The van der Waals surface area contributed by atoms with Crippen molar-refractivity contribution in [3.63, 3.8) is 0 Å². The van der Waals surface area contributed by atoms with Crippen LogP contribution in [-0.2, 0) is 0 Å². The first kappa shape index (κ1) is 39.7. The first-order valence-electron chi connectivity index (χ1n) is 19.6. The third-order valence-electron chi connectivity index (χ3n) is 9.12. The van der Waals surface area contributed by atoms with Crippen molar-refractivity contribution < 1.29 is 0 Å². The normalized spacial score (nSPS) is 11.8. The van der Waals surface area contributed by atoms with Gasteiger partial charge in [0.25, 0.3) is 0 Å². The fourth-order valence-electron chi connectivity index (χ4n) is 6.21. The summed E-state index contributed by atoms with van der Waals surface area (Å²) in [7, 11) is 0. The summed E-state index contributed by atoms with van der Waals surface area (Å²) in [5.41, 5.74) is 0. The minimum atomic E-state index is 1.31. The van der Waals surface area contributed by atoms with E-state index in [1.807, 2.05) is 0 Å². The highest BCUT2D eigenvalue weighted by molar-refractivity contribution is 4.81. The molecule has 0 atom stereocenters. The second-order valence-electron chi connectivity index (χ2n) is 13.4. The molecule has 0 amide bonds. The standard InChI is InChI=1S/C40H80/c1-3-5-7-9-11-13-15-17-19-21-23-25-27-29-31-33-35-37-39-40-38-36-34-32-30-28-26-24-22-20-18-16-14-12-10-8-6-4-2/h17,19H,3-16,18,20-40H2,1-2H3. The van der Waals surface area contributed by atoms with Crippen molar-refractivity contribution >= 4 is 0 Å². The maximum atomic E-state index is 2.45. The van der Waals surface area contributed by atoms with Gasteiger partial charge in [-0.05, 0) is 25.7 Å². The minimum Gasteiger partial charge on any atom is -0.0885 e. The van der Waals surface area contributed by atoms with E-state index >= 15 is 0 Å². The van der Waals surface area contributed by atoms with Crippen LogP contribution in [0.5, 0.6) is 0 Å². The zero-order valence-electron chi connectivity index (χ0n) is 28.6. The van der Waals surface area contributed by atoms with Crippen LogP contribution in [0.2, 0.25) is 0 Å². The van der Waals surface area contributed by atoms with Crippen LogP contribution in [0.4, 0.5) is 0 Å². The molecule has 0 aromatic rings. The number of rotatable bonds is 36. The van der Waals surface area contributed by atoms with Gasteiger partial charge in [0.15, 0.2) is 0 Å². The Hall–Kier alpha value is -0.260. The molecule has 240 valence electrons. The van der Waals surface area contributed by atoms with E-state index in [1.165, 1.54) is 231 Å². The van der Waals surface area contributed by atoms with Gasteiger partial charge in [0.1, 0.15) is 0 Å². The van der Waals surface area contributed by atoms with E-state index < -0.39 is 0 Å². The average molecular weight is 561 g/mol. The van der Waals surface area contributed by atoms with Crippen LogP contribution in [-0.4, -0.2) is 0 Å². The van der Waals surface area contributed by atoms with Crippen molar-refractivity contribution in [2.45, 2.75) is 245 Å². The number of hydrogen-bond acceptors (Lipinski definition) is 0. The van der Waals surface area contributed by atoms with Crippen molar-refractivity contribution in [2.24, 2.45) is 0 Å². The SMILES string of the molecule is CCCCCCCCC=CCCCCCCCCCCCCCCCCCCCCCCCCCCCCCC. The monoisotopic (exact) mass is 561 g/mol. The Balaban J connectivity index is 3.05. The van der Waals surface area contributed by atoms with Crippen molar-refractivity contribution in [1.29, 1.82) is 0 Å². The molecule has 0 unspecified atom stereocenters. The van der Waals surface area contributed by atoms with Crippen LogP contribution in [0.1, 0.15) is 245 Å². The van der Waals surface area contributed by atoms with Crippen LogP contribution >= 0.6 is 0 Å². The van der Waals surface area contributed by atoms with E-state index in [1.54, 1.807) is 0 Å². The summed E-state index contributed by atoms with van der Waals surface area (Å²) in [5, 5.41) is 0. The lowest BCUT2D eigenvalue weighted by Gasteiger charge is -2.04. The molecule has 0 aliphatic carbocycles. The van der Waals surface area contributed by atoms with Gasteiger partial charge in [-0.2, -0.15) is 0 Å². The predicted octanol–water partition coefficient (Wildman–Crippen LogP) is 15.6. The lowest BCUT2D eigenvalue weighted by atomic mass is 10.0. The lowest BCUT2D eigenvalue weighted by molar-refractivity contribution is 0.514. The quantitative estimate of drug-likeness (QED) is 0.0528. The van der Waals surface area contributed by atoms with Crippen LogP contribution in [0, 0.1) is 0 Å². The van der Waals surface area contributed by atoms with E-state index in [0.29, 0.717) is 0 Å². The van der Waals surface area contributed by atoms with Crippen molar-refractivity contribution in [2.75, 3.05) is 0 Å². The molecule has 40 heavy (non-hydrogen) atoms. The van der Waals surface area contributed by atoms with Gasteiger partial charge in [-0.3, -0.25) is 0 Å². The molecule has 0 nitrogen and oxygen atoms in total. The number of hydrogen-bond donors (Lipinski definition) is 0. The highest BCUT2D eigenvalue weighted by Crippen LogP contribution is 2.16. The number of allylic oxidation sites excluding steroid dienone is 2. The molecule has 0 aromatic carbocycles. The molecule has 0 heterocycles. The fraction of sp³-hybridized carbons (Fsp3) is 0.950. The third-order valence-corrected chi connectivity index (χ3v) is 9.12. The molecule has 0 saturated heterocycles. The first-order chi connectivity index (χ1) is 19.9. The van der Waals surface area contributed by atoms with Gasteiger partial charge in [-0.1, -0.05) is 231 Å². The minimum absolute atomic E-state index is 1.31. The van der Waals surface area contributed by atoms with Gasteiger partial charge in [0.2, 0.25) is 0 Å². The van der Waals surface area contributed by atoms with Crippen LogP contribution < -0.4 is 0 Å². The Morgan fingerprint density at radius 3 is 0.525 bits per heavy atom. The molecule has 0 aromatic heterocycles. The van der Waals surface area contributed by atoms with E-state index in [2.05, 4.69) is 26.0 Å². The van der Waals surface area contributed by atoms with E-state index in [-0.39, 0.29) is 0 Å². The molecule has 0 rings (SSSR count). The van der Waals surface area contributed by atoms with Crippen molar-refractivity contribution in [1.82, 2.24) is 0 Å². The molecule has 0 saturated carbocycles. The first-order valence-corrected chi connectivity index (χ1v) is 19.6. The fourth-order valence-corrected chi connectivity index (χ4v) is 6.21. The van der Waals surface area contributed by atoms with Crippen LogP contribution in [0.25, 0.3) is 0 Å². The number of unbranched alkanes of at least 4 members (excludes halogenated alkanes) is 34. The van der Waals surface area contributed by atoms with Gasteiger partial charge in [0.05, 0.1) is 0 Å². The van der Waals surface area contributed by atoms with E-state index in [4.69, 9.17) is 0 Å². The molecule has 0 N–H and O–H groups in total. The molecular weight excluding hydrogens is 480 g/mol. The van der Waals surface area contributed by atoms with Gasteiger partial charge >= 0.3 is 0 Å². The molecule has 0 bridgehead atoms. The summed E-state index contributed by atoms with van der Waals surface area (Å²) in [6.45, 7) is 4.61. The summed E-state index contributed by atoms with van der Waals surface area (Å²) in [6, 6.07) is 0. The van der Waals surface area contributed by atoms with Gasteiger partial charge < -0.3 is 0 Å². The summed E-state index contributed by atoms with van der Waals surface area (Å²) >= 11 is 0. The van der Waals surface area contributed by atoms with Crippen LogP contribution in [0.3, 0.4) is 0 Å². The summed E-state index contributed by atoms with van der Waals surface area (Å²) in [6.07, 6.45) is 57.4. The van der Waals surface area contributed by atoms with Gasteiger partial charge in [-0.15, -0.1) is 0 Å². The summed E-state index contributed by atoms with van der Waals surface area (Å²) < 4.78 is 0. The molecule has 0 radical (unpaired) electrons. The summed E-state index contributed by atoms with van der Waals surface area (Å²) in [5.74, 6) is 0. The van der Waals surface area contributed by atoms with Gasteiger partial charge in [0, 0.05) is 0 Å². The maximum absolute atomic E-state index is 2.45. The van der Waals surface area contributed by atoms with Gasteiger partial charge in [-0.25, -0.2) is 0 Å².